The number of nitrogens with zero attached hydrogens (tertiary/aromatic N) is 1. The fraction of sp³-hybridized carbons (Fsp3) is 0.286. The number of rotatable bonds is 4. The number of nitrogens with one attached hydrogen (secondary N) is 1. The molecule has 0 bridgehead atoms. The summed E-state index contributed by atoms with van der Waals surface area (Å²) >= 11 is 0.768. The van der Waals surface area contributed by atoms with Crippen LogP contribution in [0.1, 0.15) is 18.2 Å². The van der Waals surface area contributed by atoms with Crippen LogP contribution in [0.4, 0.5) is 28.4 Å². The Bertz CT molecular complexity index is 713. The number of aromatic nitrogens is 1. The van der Waals surface area contributed by atoms with Crippen molar-refractivity contribution in [2.45, 2.75) is 18.8 Å². The van der Waals surface area contributed by atoms with Crippen LogP contribution >= 0.6 is 11.3 Å². The lowest BCUT2D eigenvalue weighted by molar-refractivity contribution is -0.154. The fourth-order valence-corrected chi connectivity index (χ4v) is 2.52. The summed E-state index contributed by atoms with van der Waals surface area (Å²) in [7, 11) is 1.07. The Morgan fingerprint density at radius 3 is 2.57 bits per heavy atom. The van der Waals surface area contributed by atoms with Crippen LogP contribution in [0.25, 0.3) is 0 Å². The molecule has 0 saturated heterocycles. The lowest BCUT2D eigenvalue weighted by Gasteiger charge is -2.18. The SMILES string of the molecule is COC(=O)C(C)(F)c1cccc(Nc2nc(C(F)(F)F)cs2)c1. The lowest BCUT2D eigenvalue weighted by Crippen LogP contribution is -2.28. The average molecular weight is 348 g/mol. The Hall–Kier alpha value is -2.16. The number of anilines is 2. The van der Waals surface area contributed by atoms with Gasteiger partial charge in [-0.3, -0.25) is 0 Å². The second-order valence-electron chi connectivity index (χ2n) is 4.74. The molecule has 1 aromatic heterocycles. The van der Waals surface area contributed by atoms with Gasteiger partial charge in [-0.05, 0) is 19.1 Å². The van der Waals surface area contributed by atoms with E-state index in [1.807, 2.05) is 0 Å². The van der Waals surface area contributed by atoms with Crippen molar-refractivity contribution in [1.82, 2.24) is 4.98 Å². The van der Waals surface area contributed by atoms with Gasteiger partial charge in [0.2, 0.25) is 5.67 Å². The van der Waals surface area contributed by atoms with E-state index in [9.17, 15) is 22.4 Å². The Labute approximate surface area is 133 Å². The summed E-state index contributed by atoms with van der Waals surface area (Å²) in [6.45, 7) is 1.04. The van der Waals surface area contributed by atoms with E-state index < -0.39 is 23.5 Å². The first kappa shape index (κ1) is 17.2. The van der Waals surface area contributed by atoms with Crippen molar-refractivity contribution >= 4 is 28.1 Å². The zero-order valence-electron chi connectivity index (χ0n) is 12.1. The molecule has 0 radical (unpaired) electrons. The number of alkyl halides is 4. The molecule has 0 spiro atoms. The predicted octanol–water partition coefficient (Wildman–Crippen LogP) is 4.26. The number of hydrogen-bond acceptors (Lipinski definition) is 5. The van der Waals surface area contributed by atoms with Gasteiger partial charge >= 0.3 is 12.1 Å². The number of halogens is 4. The van der Waals surface area contributed by atoms with E-state index in [0.29, 0.717) is 5.69 Å². The third kappa shape index (κ3) is 3.79. The molecule has 0 fully saturated rings. The van der Waals surface area contributed by atoms with Crippen LogP contribution in [0.5, 0.6) is 0 Å². The molecule has 1 unspecified atom stereocenters. The summed E-state index contributed by atoms with van der Waals surface area (Å²) in [4.78, 5) is 14.9. The van der Waals surface area contributed by atoms with Gasteiger partial charge in [-0.1, -0.05) is 12.1 Å². The molecule has 2 aromatic rings. The maximum absolute atomic E-state index is 14.4. The van der Waals surface area contributed by atoms with Crippen LogP contribution in [0.2, 0.25) is 0 Å². The number of carbonyl (C=O) groups is 1. The molecule has 4 nitrogen and oxygen atoms in total. The van der Waals surface area contributed by atoms with Gasteiger partial charge in [0.1, 0.15) is 0 Å². The minimum Gasteiger partial charge on any atom is -0.466 e. The molecule has 1 atom stereocenters. The highest BCUT2D eigenvalue weighted by Crippen LogP contribution is 2.34. The smallest absolute Gasteiger partial charge is 0.434 e. The summed E-state index contributed by atoms with van der Waals surface area (Å²) in [5.74, 6) is -1.07. The van der Waals surface area contributed by atoms with Gasteiger partial charge in [0.25, 0.3) is 0 Å². The summed E-state index contributed by atoms with van der Waals surface area (Å²) < 4.78 is 56.3. The molecule has 1 heterocycles. The standard InChI is InChI=1S/C14H12F4N2O2S/c1-13(15,11(21)22-2)8-4-3-5-9(6-8)19-12-20-10(7-23-12)14(16,17)18/h3-7H,1-2H3,(H,19,20). The molecule has 23 heavy (non-hydrogen) atoms. The summed E-state index contributed by atoms with van der Waals surface area (Å²) in [6, 6.07) is 5.68. The summed E-state index contributed by atoms with van der Waals surface area (Å²) in [5.41, 5.74) is -3.06. The Morgan fingerprint density at radius 2 is 2.00 bits per heavy atom. The van der Waals surface area contributed by atoms with E-state index in [2.05, 4.69) is 15.0 Å². The van der Waals surface area contributed by atoms with Crippen molar-refractivity contribution in [1.29, 1.82) is 0 Å². The molecule has 0 aliphatic carbocycles. The second kappa shape index (κ2) is 6.15. The van der Waals surface area contributed by atoms with Crippen LogP contribution in [-0.2, 0) is 21.4 Å². The third-order valence-corrected chi connectivity index (χ3v) is 3.78. The number of benzene rings is 1. The zero-order chi connectivity index (χ0) is 17.3. The number of thiazole rings is 1. The normalized spacial score (nSPS) is 14.2. The number of ether oxygens (including phenoxy) is 1. The largest absolute Gasteiger partial charge is 0.466 e. The summed E-state index contributed by atoms with van der Waals surface area (Å²) in [6.07, 6.45) is -4.53. The first-order valence-electron chi connectivity index (χ1n) is 6.32. The zero-order valence-corrected chi connectivity index (χ0v) is 12.9. The molecule has 2 rings (SSSR count). The number of hydrogen-bond donors (Lipinski definition) is 1. The van der Waals surface area contributed by atoms with E-state index in [1.165, 1.54) is 24.3 Å². The molecule has 0 aliphatic rings. The Kier molecular flexibility index (Phi) is 4.60. The Balaban J connectivity index is 2.24. The van der Waals surface area contributed by atoms with Gasteiger partial charge < -0.3 is 10.1 Å². The molecule has 124 valence electrons. The number of esters is 1. The molecular weight excluding hydrogens is 336 g/mol. The highest BCUT2D eigenvalue weighted by molar-refractivity contribution is 7.13. The van der Waals surface area contributed by atoms with Crippen molar-refractivity contribution in [3.8, 4) is 0 Å². The first-order valence-corrected chi connectivity index (χ1v) is 7.20. The second-order valence-corrected chi connectivity index (χ2v) is 5.59. The average Bonchev–Trinajstić information content (AvgIpc) is 2.95. The molecular formula is C14H12F4N2O2S. The van der Waals surface area contributed by atoms with Gasteiger partial charge in [-0.15, -0.1) is 11.3 Å². The van der Waals surface area contributed by atoms with Crippen LogP contribution in [0.3, 0.4) is 0 Å². The van der Waals surface area contributed by atoms with E-state index in [-0.39, 0.29) is 10.7 Å². The number of methoxy groups -OCH3 is 1. The molecule has 0 amide bonds. The quantitative estimate of drug-likeness (QED) is 0.662. The van der Waals surface area contributed by atoms with Crippen molar-refractivity contribution in [2.75, 3.05) is 12.4 Å². The van der Waals surface area contributed by atoms with Crippen molar-refractivity contribution in [3.63, 3.8) is 0 Å². The molecule has 1 N–H and O–H groups in total. The molecule has 0 saturated carbocycles. The maximum Gasteiger partial charge on any atom is 0.434 e. The molecule has 0 aliphatic heterocycles. The lowest BCUT2D eigenvalue weighted by atomic mass is 9.97. The van der Waals surface area contributed by atoms with E-state index in [1.54, 1.807) is 0 Å². The first-order chi connectivity index (χ1) is 10.6. The topological polar surface area (TPSA) is 51.2 Å². The predicted molar refractivity (Wildman–Crippen MR) is 77.3 cm³/mol. The minimum absolute atomic E-state index is 0.00750. The van der Waals surface area contributed by atoms with Crippen molar-refractivity contribution in [2.24, 2.45) is 0 Å². The highest BCUT2D eigenvalue weighted by Gasteiger charge is 2.37. The van der Waals surface area contributed by atoms with Gasteiger partial charge in [-0.2, -0.15) is 13.2 Å². The van der Waals surface area contributed by atoms with Gasteiger partial charge in [0.05, 0.1) is 7.11 Å². The van der Waals surface area contributed by atoms with Crippen molar-refractivity contribution < 1.29 is 27.1 Å². The minimum atomic E-state index is -4.53. The maximum atomic E-state index is 14.4. The van der Waals surface area contributed by atoms with Crippen LogP contribution in [0, 0.1) is 0 Å². The van der Waals surface area contributed by atoms with E-state index in [4.69, 9.17) is 0 Å². The van der Waals surface area contributed by atoms with Crippen LogP contribution in [0.15, 0.2) is 29.6 Å². The van der Waals surface area contributed by atoms with Crippen LogP contribution < -0.4 is 5.32 Å². The summed E-state index contributed by atoms with van der Waals surface area (Å²) in [5, 5.41) is 3.54. The van der Waals surface area contributed by atoms with Gasteiger partial charge in [-0.25, -0.2) is 14.2 Å². The Morgan fingerprint density at radius 1 is 1.30 bits per heavy atom. The van der Waals surface area contributed by atoms with E-state index in [0.717, 1.165) is 30.8 Å². The third-order valence-electron chi connectivity index (χ3n) is 3.02. The monoisotopic (exact) mass is 348 g/mol. The molecule has 9 heteroatoms. The van der Waals surface area contributed by atoms with Crippen LogP contribution in [-0.4, -0.2) is 18.1 Å². The molecule has 1 aromatic carbocycles. The highest BCUT2D eigenvalue weighted by atomic mass is 32.1. The van der Waals surface area contributed by atoms with Crippen molar-refractivity contribution in [3.05, 3.63) is 40.9 Å². The number of carbonyl (C=O) groups excluding carboxylic acids is 1. The van der Waals surface area contributed by atoms with Gasteiger partial charge in [0, 0.05) is 16.6 Å². The van der Waals surface area contributed by atoms with Gasteiger partial charge in [0.15, 0.2) is 10.8 Å². The fourth-order valence-electron chi connectivity index (χ4n) is 1.78. The van der Waals surface area contributed by atoms with E-state index >= 15 is 0 Å².